The largest absolute Gasteiger partial charge is 0.378 e. The highest BCUT2D eigenvalue weighted by atomic mass is 35.5. The molecule has 0 spiro atoms. The maximum absolute atomic E-state index is 12.4. The predicted octanol–water partition coefficient (Wildman–Crippen LogP) is 1.89. The molecule has 2 aliphatic heterocycles. The van der Waals surface area contributed by atoms with Crippen LogP contribution >= 0.6 is 11.6 Å². The molecule has 2 saturated heterocycles. The second-order valence-corrected chi connectivity index (χ2v) is 5.99. The number of benzene rings is 1. The van der Waals surface area contributed by atoms with Gasteiger partial charge in [-0.3, -0.25) is 0 Å². The van der Waals surface area contributed by atoms with Gasteiger partial charge in [0.2, 0.25) is 5.96 Å². The summed E-state index contributed by atoms with van der Waals surface area (Å²) in [5, 5.41) is 3.33. The fourth-order valence-electron chi connectivity index (χ4n) is 2.68. The molecule has 2 aliphatic rings. The van der Waals surface area contributed by atoms with Crippen LogP contribution in [0.2, 0.25) is 5.02 Å². The SMILES string of the molecule is O=C(N=C(N1CCOCC1)N1CCOCC1)Nc1cccc(Cl)c1. The van der Waals surface area contributed by atoms with Gasteiger partial charge in [-0.1, -0.05) is 17.7 Å². The first kappa shape index (κ1) is 17.0. The lowest BCUT2D eigenvalue weighted by Crippen LogP contribution is -2.52. The van der Waals surface area contributed by atoms with E-state index in [-0.39, 0.29) is 0 Å². The molecule has 7 nitrogen and oxygen atoms in total. The van der Waals surface area contributed by atoms with Gasteiger partial charge in [-0.2, -0.15) is 4.99 Å². The summed E-state index contributed by atoms with van der Waals surface area (Å²) in [7, 11) is 0. The van der Waals surface area contributed by atoms with E-state index in [1.807, 2.05) is 0 Å². The maximum atomic E-state index is 12.4. The molecule has 1 aromatic carbocycles. The average molecular weight is 353 g/mol. The summed E-state index contributed by atoms with van der Waals surface area (Å²) in [5.41, 5.74) is 0.625. The van der Waals surface area contributed by atoms with Crippen LogP contribution in [-0.2, 0) is 9.47 Å². The Morgan fingerprint density at radius 1 is 1.04 bits per heavy atom. The Labute approximate surface area is 146 Å². The van der Waals surface area contributed by atoms with E-state index in [4.69, 9.17) is 21.1 Å². The van der Waals surface area contributed by atoms with E-state index in [2.05, 4.69) is 20.1 Å². The van der Waals surface area contributed by atoms with Crippen molar-refractivity contribution in [2.45, 2.75) is 0 Å². The molecule has 130 valence electrons. The number of nitrogens with zero attached hydrogens (tertiary/aromatic N) is 3. The lowest BCUT2D eigenvalue weighted by molar-refractivity contribution is 0.0421. The van der Waals surface area contributed by atoms with Crippen molar-refractivity contribution in [3.05, 3.63) is 29.3 Å². The van der Waals surface area contributed by atoms with Crippen molar-refractivity contribution < 1.29 is 14.3 Å². The minimum absolute atomic E-state index is 0.412. The van der Waals surface area contributed by atoms with Crippen LogP contribution in [0.4, 0.5) is 10.5 Å². The maximum Gasteiger partial charge on any atom is 0.348 e. The zero-order valence-corrected chi connectivity index (χ0v) is 14.2. The molecule has 1 N–H and O–H groups in total. The monoisotopic (exact) mass is 352 g/mol. The molecule has 1 aromatic rings. The van der Waals surface area contributed by atoms with Gasteiger partial charge in [-0.15, -0.1) is 0 Å². The lowest BCUT2D eigenvalue weighted by atomic mass is 10.3. The van der Waals surface area contributed by atoms with Crippen LogP contribution in [-0.4, -0.2) is 74.4 Å². The Morgan fingerprint density at radius 3 is 2.17 bits per heavy atom. The normalized spacial score (nSPS) is 18.2. The first-order valence-corrected chi connectivity index (χ1v) is 8.41. The Hall–Kier alpha value is -1.83. The molecule has 3 rings (SSSR count). The fourth-order valence-corrected chi connectivity index (χ4v) is 2.87. The van der Waals surface area contributed by atoms with Gasteiger partial charge in [-0.05, 0) is 18.2 Å². The van der Waals surface area contributed by atoms with E-state index >= 15 is 0 Å². The summed E-state index contributed by atoms with van der Waals surface area (Å²) >= 11 is 5.95. The molecule has 0 atom stereocenters. The number of halogens is 1. The number of anilines is 1. The number of morpholine rings is 2. The molecule has 2 heterocycles. The van der Waals surface area contributed by atoms with Crippen molar-refractivity contribution in [3.63, 3.8) is 0 Å². The number of hydrogen-bond acceptors (Lipinski definition) is 3. The predicted molar refractivity (Wildman–Crippen MR) is 92.7 cm³/mol. The van der Waals surface area contributed by atoms with Gasteiger partial charge >= 0.3 is 6.03 Å². The van der Waals surface area contributed by atoms with Crippen molar-refractivity contribution in [1.29, 1.82) is 0 Å². The zero-order chi connectivity index (χ0) is 16.8. The Bertz CT molecular complexity index is 579. The van der Waals surface area contributed by atoms with Gasteiger partial charge in [-0.25, -0.2) is 4.79 Å². The second kappa shape index (κ2) is 8.32. The van der Waals surface area contributed by atoms with Crippen molar-refractivity contribution in [2.75, 3.05) is 57.9 Å². The molecule has 24 heavy (non-hydrogen) atoms. The number of urea groups is 1. The van der Waals surface area contributed by atoms with Crippen molar-refractivity contribution in [2.24, 2.45) is 4.99 Å². The van der Waals surface area contributed by atoms with E-state index in [1.54, 1.807) is 24.3 Å². The van der Waals surface area contributed by atoms with E-state index < -0.39 is 6.03 Å². The molecule has 0 bridgehead atoms. The second-order valence-electron chi connectivity index (χ2n) is 5.55. The number of nitrogens with one attached hydrogen (secondary N) is 1. The number of carbonyl (C=O) groups is 1. The Morgan fingerprint density at radius 2 is 1.62 bits per heavy atom. The van der Waals surface area contributed by atoms with E-state index in [0.29, 0.717) is 43.1 Å². The van der Waals surface area contributed by atoms with Crippen molar-refractivity contribution in [1.82, 2.24) is 9.80 Å². The zero-order valence-electron chi connectivity index (χ0n) is 13.4. The first-order chi connectivity index (χ1) is 11.7. The topological polar surface area (TPSA) is 66.4 Å². The third-order valence-electron chi connectivity index (χ3n) is 3.87. The number of carbonyl (C=O) groups excluding carboxylic acids is 1. The summed E-state index contributed by atoms with van der Waals surface area (Å²) in [6.07, 6.45) is 0. The third kappa shape index (κ3) is 4.59. The number of rotatable bonds is 1. The van der Waals surface area contributed by atoms with Crippen LogP contribution in [0.25, 0.3) is 0 Å². The summed E-state index contributed by atoms with van der Waals surface area (Å²) in [5.74, 6) is 0.682. The Balaban J connectivity index is 1.74. The van der Waals surface area contributed by atoms with Crippen LogP contribution in [0.3, 0.4) is 0 Å². The van der Waals surface area contributed by atoms with Gasteiger partial charge in [0, 0.05) is 36.9 Å². The average Bonchev–Trinajstić information content (AvgIpc) is 2.61. The summed E-state index contributed by atoms with van der Waals surface area (Å²) in [4.78, 5) is 20.9. The quantitative estimate of drug-likeness (QED) is 0.617. The molecular formula is C16H21ClN4O3. The van der Waals surface area contributed by atoms with Gasteiger partial charge in [0.05, 0.1) is 26.4 Å². The van der Waals surface area contributed by atoms with Crippen molar-refractivity contribution >= 4 is 29.3 Å². The van der Waals surface area contributed by atoms with Gasteiger partial charge in [0.25, 0.3) is 0 Å². The van der Waals surface area contributed by atoms with Gasteiger partial charge in [0.1, 0.15) is 0 Å². The van der Waals surface area contributed by atoms with Gasteiger partial charge in [0.15, 0.2) is 0 Å². The van der Waals surface area contributed by atoms with Crippen LogP contribution in [0.5, 0.6) is 0 Å². The minimum atomic E-state index is -0.412. The smallest absolute Gasteiger partial charge is 0.348 e. The minimum Gasteiger partial charge on any atom is -0.378 e. The highest BCUT2D eigenvalue weighted by Gasteiger charge is 2.24. The summed E-state index contributed by atoms with van der Waals surface area (Å²) in [6.45, 7) is 5.44. The molecule has 2 fully saturated rings. The number of amides is 2. The molecule has 2 amide bonds. The van der Waals surface area contributed by atoms with E-state index in [0.717, 1.165) is 26.2 Å². The number of aliphatic imine (C=N–C) groups is 1. The fraction of sp³-hybridized carbons (Fsp3) is 0.500. The van der Waals surface area contributed by atoms with Crippen molar-refractivity contribution in [3.8, 4) is 0 Å². The number of hydrogen-bond donors (Lipinski definition) is 1. The summed E-state index contributed by atoms with van der Waals surface area (Å²) in [6, 6.07) is 6.60. The summed E-state index contributed by atoms with van der Waals surface area (Å²) < 4.78 is 10.8. The molecule has 0 unspecified atom stereocenters. The van der Waals surface area contributed by atoms with Crippen LogP contribution in [0.1, 0.15) is 0 Å². The Kier molecular flexibility index (Phi) is 5.90. The van der Waals surface area contributed by atoms with Crippen LogP contribution in [0.15, 0.2) is 29.3 Å². The molecule has 0 aliphatic carbocycles. The molecule has 0 saturated carbocycles. The van der Waals surface area contributed by atoms with Crippen LogP contribution in [0, 0.1) is 0 Å². The van der Waals surface area contributed by atoms with E-state index in [1.165, 1.54) is 0 Å². The lowest BCUT2D eigenvalue weighted by Gasteiger charge is -2.37. The van der Waals surface area contributed by atoms with Crippen LogP contribution < -0.4 is 5.32 Å². The molecule has 0 aromatic heterocycles. The standard InChI is InChI=1S/C16H21ClN4O3/c17-13-2-1-3-14(12-13)18-15(22)19-16(20-4-8-23-9-5-20)21-6-10-24-11-7-21/h1-3,12H,4-11H2,(H,18,22). The molecular weight excluding hydrogens is 332 g/mol. The van der Waals surface area contributed by atoms with E-state index in [9.17, 15) is 4.79 Å². The highest BCUT2D eigenvalue weighted by molar-refractivity contribution is 6.30. The first-order valence-electron chi connectivity index (χ1n) is 8.03. The molecule has 8 heteroatoms. The molecule has 0 radical (unpaired) electrons. The number of ether oxygens (including phenoxy) is 2. The van der Waals surface area contributed by atoms with Gasteiger partial charge < -0.3 is 24.6 Å². The highest BCUT2D eigenvalue weighted by Crippen LogP contribution is 2.15. The third-order valence-corrected chi connectivity index (χ3v) is 4.10. The number of guanidine groups is 1.